The average molecular weight is 665 g/mol. The first-order valence-corrected chi connectivity index (χ1v) is 14.1. The summed E-state index contributed by atoms with van der Waals surface area (Å²) in [5, 5.41) is 1.66. The van der Waals surface area contributed by atoms with Gasteiger partial charge in [-0.3, -0.25) is 0 Å². The fourth-order valence-electron chi connectivity index (χ4n) is 6.37. The Bertz CT molecular complexity index is 2450. The molecule has 8 aromatic rings. The molecule has 2 heterocycles. The third kappa shape index (κ3) is 3.88. The van der Waals surface area contributed by atoms with Crippen LogP contribution in [-0.4, -0.2) is 9.13 Å². The highest BCUT2D eigenvalue weighted by atomic mass is 19.2. The van der Waals surface area contributed by atoms with E-state index in [4.69, 9.17) is 0 Å². The average Bonchev–Trinajstić information content (AvgIpc) is 3.60. The van der Waals surface area contributed by atoms with Gasteiger partial charge < -0.3 is 9.13 Å². The van der Waals surface area contributed by atoms with Crippen LogP contribution in [0.25, 0.3) is 66.1 Å². The first-order valence-electron chi connectivity index (χ1n) is 14.1. The van der Waals surface area contributed by atoms with Crippen molar-refractivity contribution in [2.45, 2.75) is 0 Å². The standard InChI is InChI=1S/C36H14F10N2/c37-25-27(39)31(43)35(32(44)28(25)40)47-21-7-3-1-5-17(21)19-13-15(9-11-23(19)47)16-10-12-24-20(14-16)18-6-2-4-8-22(18)48(24)36-33(45)29(41)26(38)30(42)34(36)46/h1-14H. The van der Waals surface area contributed by atoms with Gasteiger partial charge in [-0.25, -0.2) is 43.9 Å². The monoisotopic (exact) mass is 664 g/mol. The number of rotatable bonds is 3. The maximum atomic E-state index is 15.0. The fourth-order valence-corrected chi connectivity index (χ4v) is 6.37. The molecule has 8 rings (SSSR count). The van der Waals surface area contributed by atoms with Gasteiger partial charge in [0.05, 0.1) is 22.1 Å². The van der Waals surface area contributed by atoms with E-state index in [9.17, 15) is 26.3 Å². The summed E-state index contributed by atoms with van der Waals surface area (Å²) in [5.74, 6) is -21.0. The molecule has 0 radical (unpaired) electrons. The molecular formula is C36H14F10N2. The lowest BCUT2D eigenvalue weighted by Crippen LogP contribution is -2.09. The van der Waals surface area contributed by atoms with Crippen molar-refractivity contribution in [3.05, 3.63) is 143 Å². The van der Waals surface area contributed by atoms with Gasteiger partial charge in [-0.2, -0.15) is 0 Å². The van der Waals surface area contributed by atoms with Gasteiger partial charge in [0.25, 0.3) is 0 Å². The number of aromatic nitrogens is 2. The molecule has 0 bridgehead atoms. The van der Waals surface area contributed by atoms with Gasteiger partial charge in [0.1, 0.15) is 11.4 Å². The molecule has 0 spiro atoms. The van der Waals surface area contributed by atoms with Gasteiger partial charge in [0, 0.05) is 21.5 Å². The molecule has 0 aliphatic heterocycles. The molecule has 0 saturated carbocycles. The zero-order valence-electron chi connectivity index (χ0n) is 23.8. The molecular weight excluding hydrogens is 650 g/mol. The largest absolute Gasteiger partial charge is 0.304 e. The maximum absolute atomic E-state index is 15.0. The number of fused-ring (bicyclic) bond motifs is 6. The first kappa shape index (κ1) is 29.6. The van der Waals surface area contributed by atoms with E-state index in [1.165, 1.54) is 24.3 Å². The molecule has 0 aliphatic rings. The predicted octanol–water partition coefficient (Wildman–Crippen LogP) is 10.9. The molecule has 0 amide bonds. The first-order chi connectivity index (χ1) is 23.0. The summed E-state index contributed by atoms with van der Waals surface area (Å²) in [4.78, 5) is 0. The Morgan fingerprint density at radius 2 is 0.583 bits per heavy atom. The molecule has 0 aliphatic carbocycles. The predicted molar refractivity (Wildman–Crippen MR) is 160 cm³/mol. The van der Waals surface area contributed by atoms with E-state index in [0.717, 1.165) is 9.13 Å². The number of benzene rings is 6. The molecule has 0 N–H and O–H groups in total. The molecule has 0 unspecified atom stereocenters. The normalized spacial score (nSPS) is 12.0. The van der Waals surface area contributed by atoms with Crippen LogP contribution in [-0.2, 0) is 0 Å². The number of hydrogen-bond donors (Lipinski definition) is 0. The van der Waals surface area contributed by atoms with Crippen LogP contribution < -0.4 is 0 Å². The Balaban J connectivity index is 1.38. The van der Waals surface area contributed by atoms with Crippen molar-refractivity contribution in [1.82, 2.24) is 9.13 Å². The van der Waals surface area contributed by atoms with Gasteiger partial charge >= 0.3 is 0 Å². The van der Waals surface area contributed by atoms with Crippen LogP contribution in [0.3, 0.4) is 0 Å². The van der Waals surface area contributed by atoms with Crippen LogP contribution in [0.1, 0.15) is 0 Å². The smallest absolute Gasteiger partial charge is 0.200 e. The van der Waals surface area contributed by atoms with E-state index in [1.54, 1.807) is 60.7 Å². The number of nitrogens with zero attached hydrogens (tertiary/aromatic N) is 2. The van der Waals surface area contributed by atoms with Gasteiger partial charge in [0.15, 0.2) is 46.5 Å². The van der Waals surface area contributed by atoms with Gasteiger partial charge in [-0.05, 0) is 47.5 Å². The summed E-state index contributed by atoms with van der Waals surface area (Å²) in [5.41, 5.74) is -0.654. The number of halogens is 10. The van der Waals surface area contributed by atoms with Crippen LogP contribution in [0.4, 0.5) is 43.9 Å². The van der Waals surface area contributed by atoms with Gasteiger partial charge in [0.2, 0.25) is 11.6 Å². The van der Waals surface area contributed by atoms with E-state index in [0.29, 0.717) is 32.7 Å². The third-order valence-electron chi connectivity index (χ3n) is 8.50. The highest BCUT2D eigenvalue weighted by molar-refractivity contribution is 6.12. The lowest BCUT2D eigenvalue weighted by molar-refractivity contribution is 0.376. The number of para-hydroxylation sites is 2. The molecule has 12 heteroatoms. The topological polar surface area (TPSA) is 9.86 Å². The van der Waals surface area contributed by atoms with Crippen LogP contribution in [0.5, 0.6) is 0 Å². The minimum atomic E-state index is -2.28. The maximum Gasteiger partial charge on any atom is 0.200 e. The van der Waals surface area contributed by atoms with Crippen molar-refractivity contribution in [2.24, 2.45) is 0 Å². The fraction of sp³-hybridized carbons (Fsp3) is 0. The van der Waals surface area contributed by atoms with E-state index < -0.39 is 69.5 Å². The molecule has 0 saturated heterocycles. The summed E-state index contributed by atoms with van der Waals surface area (Å²) in [6.45, 7) is 0. The van der Waals surface area contributed by atoms with Crippen molar-refractivity contribution in [3.63, 3.8) is 0 Å². The van der Waals surface area contributed by atoms with Crippen molar-refractivity contribution in [3.8, 4) is 22.5 Å². The Hall–Kier alpha value is -5.78. The van der Waals surface area contributed by atoms with E-state index in [-0.39, 0.29) is 22.1 Å². The molecule has 6 aromatic carbocycles. The Kier molecular flexibility index (Phi) is 6.39. The summed E-state index contributed by atoms with van der Waals surface area (Å²) in [7, 11) is 0. The highest BCUT2D eigenvalue weighted by Crippen LogP contribution is 2.40. The second-order valence-corrected chi connectivity index (χ2v) is 11.0. The van der Waals surface area contributed by atoms with E-state index >= 15 is 17.6 Å². The van der Waals surface area contributed by atoms with Crippen LogP contribution in [0.2, 0.25) is 0 Å². The summed E-state index contributed by atoms with van der Waals surface area (Å²) >= 11 is 0. The van der Waals surface area contributed by atoms with Gasteiger partial charge in [-0.1, -0.05) is 48.5 Å². The molecule has 2 aromatic heterocycles. The minimum absolute atomic E-state index is 0.132. The van der Waals surface area contributed by atoms with Crippen LogP contribution in [0, 0.1) is 58.2 Å². The molecule has 0 fully saturated rings. The highest BCUT2D eigenvalue weighted by Gasteiger charge is 2.30. The molecule has 48 heavy (non-hydrogen) atoms. The van der Waals surface area contributed by atoms with Crippen molar-refractivity contribution in [2.75, 3.05) is 0 Å². The van der Waals surface area contributed by atoms with E-state index in [2.05, 4.69) is 0 Å². The second-order valence-electron chi connectivity index (χ2n) is 11.0. The Morgan fingerprint density at radius 3 is 0.938 bits per heavy atom. The SMILES string of the molecule is Fc1c(F)c(F)c(-n2c3ccccc3c3cc(-c4ccc5c(c4)c4ccccc4n5-c4c(F)c(F)c(F)c(F)c4F)ccc32)c(F)c1F. The van der Waals surface area contributed by atoms with Crippen LogP contribution >= 0.6 is 0 Å². The third-order valence-corrected chi connectivity index (χ3v) is 8.50. The lowest BCUT2D eigenvalue weighted by atomic mass is 10.0. The van der Waals surface area contributed by atoms with E-state index in [1.807, 2.05) is 0 Å². The quantitative estimate of drug-likeness (QED) is 0.101. The van der Waals surface area contributed by atoms with Crippen molar-refractivity contribution < 1.29 is 43.9 Å². The number of hydrogen-bond acceptors (Lipinski definition) is 0. The van der Waals surface area contributed by atoms with Crippen molar-refractivity contribution >= 4 is 43.6 Å². The zero-order chi connectivity index (χ0) is 33.8. The van der Waals surface area contributed by atoms with Crippen LogP contribution in [0.15, 0.2) is 84.9 Å². The summed E-state index contributed by atoms with van der Waals surface area (Å²) < 4.78 is 147. The minimum Gasteiger partial charge on any atom is -0.304 e. The second kappa shape index (κ2) is 10.4. The Labute approximate surface area is 262 Å². The van der Waals surface area contributed by atoms with Crippen molar-refractivity contribution in [1.29, 1.82) is 0 Å². The summed E-state index contributed by atoms with van der Waals surface area (Å²) in [6.07, 6.45) is 0. The van der Waals surface area contributed by atoms with Gasteiger partial charge in [-0.15, -0.1) is 0 Å². The lowest BCUT2D eigenvalue weighted by Gasteiger charge is -2.13. The summed E-state index contributed by atoms with van der Waals surface area (Å²) in [6, 6.07) is 21.8. The molecule has 0 atom stereocenters. The Morgan fingerprint density at radius 1 is 0.292 bits per heavy atom. The zero-order valence-corrected chi connectivity index (χ0v) is 23.8. The molecule has 238 valence electrons. The molecule has 2 nitrogen and oxygen atoms in total.